The number of hydrogen-bond donors (Lipinski definition) is 1. The molecule has 0 aliphatic rings. The molecule has 3 aromatic carbocycles. The fourth-order valence-electron chi connectivity index (χ4n) is 2.80. The van der Waals surface area contributed by atoms with Crippen LogP contribution in [0.25, 0.3) is 0 Å². The van der Waals surface area contributed by atoms with Crippen LogP contribution in [0.15, 0.2) is 78.9 Å². The van der Waals surface area contributed by atoms with Crippen molar-refractivity contribution in [3.05, 3.63) is 106 Å². The SMILES string of the molecule is Cc1ccc([C@@H](NS(=O)(=O)Cc2cccc(Cl)c2)c2ccccc2)cc1. The van der Waals surface area contributed by atoms with Gasteiger partial charge in [0.2, 0.25) is 10.0 Å². The van der Waals surface area contributed by atoms with Gasteiger partial charge in [-0.15, -0.1) is 0 Å². The Kier molecular flexibility index (Phi) is 5.77. The summed E-state index contributed by atoms with van der Waals surface area (Å²) in [5, 5.41) is 0.524. The molecule has 0 saturated carbocycles. The molecule has 0 fully saturated rings. The van der Waals surface area contributed by atoms with Crippen molar-refractivity contribution in [1.82, 2.24) is 4.72 Å². The van der Waals surface area contributed by atoms with Gasteiger partial charge in [-0.1, -0.05) is 83.9 Å². The molecule has 0 radical (unpaired) electrons. The molecule has 134 valence electrons. The molecule has 0 aromatic heterocycles. The van der Waals surface area contributed by atoms with Gasteiger partial charge < -0.3 is 0 Å². The second-order valence-electron chi connectivity index (χ2n) is 6.26. The average molecular weight is 386 g/mol. The molecule has 3 nitrogen and oxygen atoms in total. The Balaban J connectivity index is 1.91. The van der Waals surface area contributed by atoms with Gasteiger partial charge >= 0.3 is 0 Å². The summed E-state index contributed by atoms with van der Waals surface area (Å²) in [5.41, 5.74) is 3.57. The summed E-state index contributed by atoms with van der Waals surface area (Å²) in [6.07, 6.45) is 0. The summed E-state index contributed by atoms with van der Waals surface area (Å²) < 4.78 is 28.4. The minimum absolute atomic E-state index is 0.122. The van der Waals surface area contributed by atoms with Crippen LogP contribution in [0.5, 0.6) is 0 Å². The molecular weight excluding hydrogens is 366 g/mol. The molecule has 5 heteroatoms. The van der Waals surface area contributed by atoms with Crippen molar-refractivity contribution in [2.45, 2.75) is 18.7 Å². The van der Waals surface area contributed by atoms with Crippen LogP contribution in [0, 0.1) is 6.92 Å². The van der Waals surface area contributed by atoms with E-state index in [4.69, 9.17) is 11.6 Å². The molecule has 1 N–H and O–H groups in total. The van der Waals surface area contributed by atoms with Gasteiger partial charge in [0.15, 0.2) is 0 Å². The Morgan fingerprint density at radius 1 is 0.885 bits per heavy atom. The Bertz CT molecular complexity index is 970. The first-order valence-electron chi connectivity index (χ1n) is 8.29. The van der Waals surface area contributed by atoms with Crippen LogP contribution >= 0.6 is 11.6 Å². The van der Waals surface area contributed by atoms with Crippen LogP contribution in [0.1, 0.15) is 28.3 Å². The van der Waals surface area contributed by atoms with Gasteiger partial charge in [-0.3, -0.25) is 0 Å². The van der Waals surface area contributed by atoms with E-state index >= 15 is 0 Å². The van der Waals surface area contributed by atoms with Gasteiger partial charge in [-0.2, -0.15) is 0 Å². The lowest BCUT2D eigenvalue weighted by Crippen LogP contribution is -2.30. The zero-order valence-corrected chi connectivity index (χ0v) is 16.0. The zero-order chi connectivity index (χ0) is 18.6. The Morgan fingerprint density at radius 2 is 1.54 bits per heavy atom. The molecule has 26 heavy (non-hydrogen) atoms. The number of halogens is 1. The van der Waals surface area contributed by atoms with Crippen LogP contribution in [0.3, 0.4) is 0 Å². The van der Waals surface area contributed by atoms with Crippen molar-refractivity contribution < 1.29 is 8.42 Å². The van der Waals surface area contributed by atoms with Crippen LogP contribution in [0.2, 0.25) is 5.02 Å². The van der Waals surface area contributed by atoms with Crippen LogP contribution < -0.4 is 4.72 Å². The zero-order valence-electron chi connectivity index (χ0n) is 14.4. The molecule has 1 atom stereocenters. The molecule has 0 bridgehead atoms. The van der Waals surface area contributed by atoms with Crippen molar-refractivity contribution in [3.63, 3.8) is 0 Å². The van der Waals surface area contributed by atoms with E-state index in [1.807, 2.05) is 61.5 Å². The first-order valence-corrected chi connectivity index (χ1v) is 10.3. The Hall–Kier alpha value is -2.14. The predicted molar refractivity (Wildman–Crippen MR) is 107 cm³/mol. The van der Waals surface area contributed by atoms with Gasteiger partial charge in [-0.05, 0) is 35.7 Å². The number of benzene rings is 3. The monoisotopic (exact) mass is 385 g/mol. The van der Waals surface area contributed by atoms with E-state index < -0.39 is 16.1 Å². The minimum atomic E-state index is -3.57. The normalized spacial score (nSPS) is 12.7. The van der Waals surface area contributed by atoms with E-state index in [2.05, 4.69) is 4.72 Å². The van der Waals surface area contributed by atoms with Crippen LogP contribution in [-0.2, 0) is 15.8 Å². The van der Waals surface area contributed by atoms with Crippen molar-refractivity contribution in [2.75, 3.05) is 0 Å². The highest BCUT2D eigenvalue weighted by Crippen LogP contribution is 2.24. The molecule has 3 aromatic rings. The maximum absolute atomic E-state index is 12.8. The highest BCUT2D eigenvalue weighted by atomic mass is 35.5. The van der Waals surface area contributed by atoms with Crippen molar-refractivity contribution in [3.8, 4) is 0 Å². The van der Waals surface area contributed by atoms with Gasteiger partial charge in [0.25, 0.3) is 0 Å². The highest BCUT2D eigenvalue weighted by molar-refractivity contribution is 7.88. The number of nitrogens with one attached hydrogen (secondary N) is 1. The van der Waals surface area contributed by atoms with E-state index in [1.54, 1.807) is 24.3 Å². The highest BCUT2D eigenvalue weighted by Gasteiger charge is 2.21. The molecule has 0 amide bonds. The fraction of sp³-hybridized carbons (Fsp3) is 0.143. The van der Waals surface area contributed by atoms with Crippen LogP contribution in [0.4, 0.5) is 0 Å². The molecule has 0 heterocycles. The Morgan fingerprint density at radius 3 is 2.19 bits per heavy atom. The fourth-order valence-corrected chi connectivity index (χ4v) is 4.35. The molecule has 0 spiro atoms. The molecule has 0 unspecified atom stereocenters. The van der Waals surface area contributed by atoms with E-state index in [1.165, 1.54) is 0 Å². The van der Waals surface area contributed by atoms with Crippen molar-refractivity contribution in [2.24, 2.45) is 0 Å². The number of aryl methyl sites for hydroxylation is 1. The lowest BCUT2D eigenvalue weighted by molar-refractivity contribution is 0.571. The third-order valence-electron chi connectivity index (χ3n) is 4.09. The first-order chi connectivity index (χ1) is 12.4. The Labute approximate surface area is 159 Å². The number of rotatable bonds is 6. The summed E-state index contributed by atoms with van der Waals surface area (Å²) in [7, 11) is -3.57. The van der Waals surface area contributed by atoms with Gasteiger partial charge in [0.1, 0.15) is 0 Å². The topological polar surface area (TPSA) is 46.2 Å². The summed E-state index contributed by atoms with van der Waals surface area (Å²) in [5.74, 6) is -0.122. The molecule has 0 aliphatic carbocycles. The third kappa shape index (κ3) is 4.94. The second-order valence-corrected chi connectivity index (χ2v) is 8.45. The average Bonchev–Trinajstić information content (AvgIpc) is 2.61. The first kappa shape index (κ1) is 18.6. The standard InChI is InChI=1S/C21H20ClNO2S/c1-16-10-12-19(13-11-16)21(18-7-3-2-4-8-18)23-26(24,25)15-17-6-5-9-20(22)14-17/h2-14,21,23H,15H2,1H3/t21-/m0/s1. The van der Waals surface area contributed by atoms with Gasteiger partial charge in [0.05, 0.1) is 11.8 Å². The smallest absolute Gasteiger partial charge is 0.212 e. The summed E-state index contributed by atoms with van der Waals surface area (Å²) in [6.45, 7) is 2.00. The predicted octanol–water partition coefficient (Wildman–Crippen LogP) is 4.86. The third-order valence-corrected chi connectivity index (χ3v) is 5.63. The van der Waals surface area contributed by atoms with E-state index in [-0.39, 0.29) is 5.75 Å². The molecule has 0 aliphatic heterocycles. The van der Waals surface area contributed by atoms with E-state index in [0.717, 1.165) is 16.7 Å². The quantitative estimate of drug-likeness (QED) is 0.658. The maximum Gasteiger partial charge on any atom is 0.216 e. The lowest BCUT2D eigenvalue weighted by Gasteiger charge is -2.20. The molecular formula is C21H20ClNO2S. The van der Waals surface area contributed by atoms with Crippen molar-refractivity contribution >= 4 is 21.6 Å². The second kappa shape index (κ2) is 8.04. The number of sulfonamides is 1. The van der Waals surface area contributed by atoms with Crippen molar-refractivity contribution in [1.29, 1.82) is 0 Å². The number of hydrogen-bond acceptors (Lipinski definition) is 2. The van der Waals surface area contributed by atoms with E-state index in [0.29, 0.717) is 10.6 Å². The van der Waals surface area contributed by atoms with Gasteiger partial charge in [-0.25, -0.2) is 13.1 Å². The largest absolute Gasteiger partial charge is 0.216 e. The van der Waals surface area contributed by atoms with Gasteiger partial charge in [0, 0.05) is 5.02 Å². The van der Waals surface area contributed by atoms with Crippen LogP contribution in [-0.4, -0.2) is 8.42 Å². The lowest BCUT2D eigenvalue weighted by atomic mass is 9.99. The summed E-state index contributed by atoms with van der Waals surface area (Å²) in [6, 6.07) is 23.9. The van der Waals surface area contributed by atoms with E-state index in [9.17, 15) is 8.42 Å². The molecule has 3 rings (SSSR count). The summed E-state index contributed by atoms with van der Waals surface area (Å²) in [4.78, 5) is 0. The minimum Gasteiger partial charge on any atom is -0.212 e. The molecule has 0 saturated heterocycles. The maximum atomic E-state index is 12.8. The summed E-state index contributed by atoms with van der Waals surface area (Å²) >= 11 is 5.97.